The van der Waals surface area contributed by atoms with Crippen molar-refractivity contribution in [1.29, 1.82) is 0 Å². The molecule has 284 valence electrons. The maximum atomic E-state index is 6.48. The van der Waals surface area contributed by atoms with Crippen LogP contribution >= 0.6 is 0 Å². The topological polar surface area (TPSA) is 42.4 Å². The van der Waals surface area contributed by atoms with Gasteiger partial charge in [0.05, 0.1) is 5.69 Å². The zero-order valence-electron chi connectivity index (χ0n) is 33.2. The Bertz CT molecular complexity index is 3460. The van der Waals surface area contributed by atoms with E-state index in [0.717, 1.165) is 61.2 Å². The Kier molecular flexibility index (Phi) is 7.54. The molecule has 0 spiro atoms. The molecule has 1 aliphatic carbocycles. The lowest BCUT2D eigenvalue weighted by Gasteiger charge is -2.29. The second-order valence-corrected chi connectivity index (χ2v) is 16.3. The highest BCUT2D eigenvalue weighted by Gasteiger charge is 2.35. The zero-order chi connectivity index (χ0) is 40.0. The second kappa shape index (κ2) is 13.2. The fourth-order valence-electron chi connectivity index (χ4n) is 9.61. The molecule has 0 amide bonds. The molecule has 0 bridgehead atoms. The Morgan fingerprint density at radius 3 is 2.00 bits per heavy atom. The zero-order valence-corrected chi connectivity index (χ0v) is 33.2. The van der Waals surface area contributed by atoms with Gasteiger partial charge in [0, 0.05) is 44.8 Å². The molecule has 0 fully saturated rings. The Balaban J connectivity index is 1.02. The molecule has 2 aromatic heterocycles. The van der Waals surface area contributed by atoms with Gasteiger partial charge in [0.1, 0.15) is 16.7 Å². The normalized spacial score (nSPS) is 13.0. The van der Waals surface area contributed by atoms with Crippen LogP contribution in [0.2, 0.25) is 0 Å². The van der Waals surface area contributed by atoms with Crippen LogP contribution in [0.3, 0.4) is 0 Å². The smallest absolute Gasteiger partial charge is 0.227 e. The van der Waals surface area contributed by atoms with Crippen LogP contribution < -0.4 is 4.90 Å². The molecule has 0 unspecified atom stereocenters. The quantitative estimate of drug-likeness (QED) is 0.169. The van der Waals surface area contributed by atoms with Gasteiger partial charge in [-0.2, -0.15) is 0 Å². The number of para-hydroxylation sites is 1. The highest BCUT2D eigenvalue weighted by Crippen LogP contribution is 2.51. The summed E-state index contributed by atoms with van der Waals surface area (Å²) >= 11 is 0. The van der Waals surface area contributed by atoms with Crippen LogP contribution in [-0.4, -0.2) is 4.98 Å². The number of fused-ring (bicyclic) bond motifs is 8. The molecule has 0 saturated heterocycles. The van der Waals surface area contributed by atoms with Gasteiger partial charge in [-0.15, -0.1) is 0 Å². The standard InChI is InChI=1S/C56H38N2O2/c1-56(2)47-23-10-8-19-43(47)45-32-39(30-31-48(45)56)58(50-24-11-9-20-44(50)42-22-12-17-35-14-6-7-18-40(35)42)38-28-26-36(27-29-38)41-21-13-25-51-54(41)46-33-49-53(34-52(46)59-51)60-55(57-49)37-15-4-3-5-16-37/h3-34H,1-2H3. The van der Waals surface area contributed by atoms with Crippen LogP contribution in [-0.2, 0) is 5.41 Å². The van der Waals surface area contributed by atoms with Crippen LogP contribution in [0.15, 0.2) is 203 Å². The molecule has 0 atom stereocenters. The van der Waals surface area contributed by atoms with E-state index in [2.05, 4.69) is 170 Å². The molecule has 60 heavy (non-hydrogen) atoms. The number of furan rings is 1. The van der Waals surface area contributed by atoms with Gasteiger partial charge in [0.25, 0.3) is 0 Å². The van der Waals surface area contributed by atoms with Gasteiger partial charge in [-0.25, -0.2) is 4.98 Å². The number of hydrogen-bond acceptors (Lipinski definition) is 4. The molecule has 4 nitrogen and oxygen atoms in total. The molecule has 1 aliphatic rings. The third-order valence-electron chi connectivity index (χ3n) is 12.5. The van der Waals surface area contributed by atoms with Crippen LogP contribution in [0.25, 0.3) is 88.6 Å². The van der Waals surface area contributed by atoms with Gasteiger partial charge in [0.2, 0.25) is 5.89 Å². The number of hydrogen-bond donors (Lipinski definition) is 0. The summed E-state index contributed by atoms with van der Waals surface area (Å²) < 4.78 is 12.7. The molecular weight excluding hydrogens is 733 g/mol. The van der Waals surface area contributed by atoms with Gasteiger partial charge in [-0.3, -0.25) is 0 Å². The van der Waals surface area contributed by atoms with Crippen molar-refractivity contribution in [3.05, 3.63) is 205 Å². The number of nitrogens with zero attached hydrogens (tertiary/aromatic N) is 2. The first-order chi connectivity index (χ1) is 29.5. The number of oxazole rings is 1. The van der Waals surface area contributed by atoms with Gasteiger partial charge in [-0.1, -0.05) is 147 Å². The molecular formula is C56H38N2O2. The molecule has 0 N–H and O–H groups in total. The van der Waals surface area contributed by atoms with E-state index in [1.54, 1.807) is 0 Å². The maximum Gasteiger partial charge on any atom is 0.227 e. The van der Waals surface area contributed by atoms with Crippen molar-refractivity contribution in [2.24, 2.45) is 0 Å². The summed E-state index contributed by atoms with van der Waals surface area (Å²) in [5.74, 6) is 0.598. The predicted molar refractivity (Wildman–Crippen MR) is 247 cm³/mol. The van der Waals surface area contributed by atoms with Crippen molar-refractivity contribution >= 4 is 60.9 Å². The second-order valence-electron chi connectivity index (χ2n) is 16.3. The lowest BCUT2D eigenvalue weighted by Crippen LogP contribution is -2.15. The van der Waals surface area contributed by atoms with Crippen molar-refractivity contribution < 1.29 is 8.83 Å². The van der Waals surface area contributed by atoms with E-state index in [1.807, 2.05) is 42.5 Å². The Morgan fingerprint density at radius 1 is 0.433 bits per heavy atom. The van der Waals surface area contributed by atoms with Crippen molar-refractivity contribution in [3.63, 3.8) is 0 Å². The monoisotopic (exact) mass is 770 g/mol. The van der Waals surface area contributed by atoms with Gasteiger partial charge in [0.15, 0.2) is 5.58 Å². The Hall–Kier alpha value is -7.69. The number of anilines is 3. The Labute approximate surface area is 347 Å². The number of aromatic nitrogens is 1. The third kappa shape index (κ3) is 5.27. The number of benzene rings is 9. The fourth-order valence-corrected chi connectivity index (χ4v) is 9.61. The van der Waals surface area contributed by atoms with Crippen LogP contribution in [0, 0.1) is 0 Å². The van der Waals surface area contributed by atoms with E-state index in [9.17, 15) is 0 Å². The number of rotatable bonds is 6. The van der Waals surface area contributed by atoms with Gasteiger partial charge >= 0.3 is 0 Å². The lowest BCUT2D eigenvalue weighted by molar-refractivity contribution is 0.617. The van der Waals surface area contributed by atoms with E-state index in [0.29, 0.717) is 11.5 Å². The van der Waals surface area contributed by atoms with E-state index < -0.39 is 0 Å². The highest BCUT2D eigenvalue weighted by molar-refractivity contribution is 6.15. The van der Waals surface area contributed by atoms with E-state index in [-0.39, 0.29) is 5.41 Å². The summed E-state index contributed by atoms with van der Waals surface area (Å²) in [6, 6.07) is 69.3. The largest absolute Gasteiger partial charge is 0.456 e. The maximum absolute atomic E-state index is 6.48. The molecule has 0 aliphatic heterocycles. The summed E-state index contributed by atoms with van der Waals surface area (Å²) in [4.78, 5) is 7.31. The molecule has 11 aromatic rings. The highest BCUT2D eigenvalue weighted by atomic mass is 16.4. The minimum absolute atomic E-state index is 0.0836. The summed E-state index contributed by atoms with van der Waals surface area (Å²) in [6.07, 6.45) is 0. The molecule has 4 heteroatoms. The summed E-state index contributed by atoms with van der Waals surface area (Å²) in [5, 5.41) is 4.52. The van der Waals surface area contributed by atoms with Gasteiger partial charge < -0.3 is 13.7 Å². The van der Waals surface area contributed by atoms with Crippen molar-refractivity contribution in [1.82, 2.24) is 4.98 Å². The molecule has 0 saturated carbocycles. The first-order valence-electron chi connectivity index (χ1n) is 20.5. The fraction of sp³-hybridized carbons (Fsp3) is 0.0536. The van der Waals surface area contributed by atoms with Crippen LogP contribution in [0.4, 0.5) is 17.1 Å². The molecule has 9 aromatic carbocycles. The molecule has 12 rings (SSSR count). The van der Waals surface area contributed by atoms with E-state index >= 15 is 0 Å². The summed E-state index contributed by atoms with van der Waals surface area (Å²) in [7, 11) is 0. The minimum atomic E-state index is -0.0836. The molecule has 2 heterocycles. The minimum Gasteiger partial charge on any atom is -0.456 e. The lowest BCUT2D eigenvalue weighted by atomic mass is 9.82. The SMILES string of the molecule is CC1(C)c2ccccc2-c2cc(N(c3ccc(-c4cccc5oc6cc7oc(-c8ccccc8)nc7cc6c45)cc3)c3ccccc3-c3cccc4ccccc34)ccc21. The van der Waals surface area contributed by atoms with Crippen molar-refractivity contribution in [2.45, 2.75) is 19.3 Å². The average Bonchev–Trinajstić information content (AvgIpc) is 3.95. The van der Waals surface area contributed by atoms with Crippen molar-refractivity contribution in [2.75, 3.05) is 4.90 Å². The van der Waals surface area contributed by atoms with Crippen LogP contribution in [0.1, 0.15) is 25.0 Å². The van der Waals surface area contributed by atoms with E-state index in [4.69, 9.17) is 13.8 Å². The third-order valence-corrected chi connectivity index (χ3v) is 12.5. The average molecular weight is 771 g/mol. The summed E-state index contributed by atoms with van der Waals surface area (Å²) in [6.45, 7) is 4.67. The predicted octanol–water partition coefficient (Wildman–Crippen LogP) is 15.7. The summed E-state index contributed by atoms with van der Waals surface area (Å²) in [5.41, 5.74) is 17.1. The Morgan fingerprint density at radius 2 is 1.12 bits per heavy atom. The first-order valence-corrected chi connectivity index (χ1v) is 20.5. The first kappa shape index (κ1) is 34.4. The van der Waals surface area contributed by atoms with Crippen LogP contribution in [0.5, 0.6) is 0 Å². The van der Waals surface area contributed by atoms with E-state index in [1.165, 1.54) is 44.2 Å². The van der Waals surface area contributed by atoms with Crippen molar-refractivity contribution in [3.8, 4) is 44.8 Å². The van der Waals surface area contributed by atoms with Gasteiger partial charge in [-0.05, 0) is 104 Å². The molecule has 0 radical (unpaired) electrons.